The summed E-state index contributed by atoms with van der Waals surface area (Å²) in [7, 11) is 0. The summed E-state index contributed by atoms with van der Waals surface area (Å²) in [6.07, 6.45) is -4.18. The van der Waals surface area contributed by atoms with Crippen LogP contribution in [0.2, 0.25) is 0 Å². The second-order valence-corrected chi connectivity index (χ2v) is 3.07. The number of halogens is 3. The maximum absolute atomic E-state index is 11.6. The van der Waals surface area contributed by atoms with Gasteiger partial charge in [0.05, 0.1) is 13.1 Å². The molecule has 0 fully saturated rings. The quantitative estimate of drug-likeness (QED) is 0.554. The van der Waals surface area contributed by atoms with E-state index in [1.807, 2.05) is 5.32 Å². The van der Waals surface area contributed by atoms with Crippen LogP contribution in [-0.2, 0) is 9.59 Å². The molecular weight excluding hydrogens is 229 g/mol. The molecule has 0 aromatic heterocycles. The fourth-order valence-corrected chi connectivity index (χ4v) is 0.848. The minimum atomic E-state index is -4.34. The topological polar surface area (TPSA) is 78.4 Å². The number of hydrogen-bond donors (Lipinski definition) is 3. The number of carboxylic acid groups (broad SMARTS) is 1. The maximum atomic E-state index is 11.6. The van der Waals surface area contributed by atoms with Crippen molar-refractivity contribution < 1.29 is 27.9 Å². The molecule has 0 radical (unpaired) electrons. The van der Waals surface area contributed by atoms with E-state index >= 15 is 0 Å². The Balaban J connectivity index is 3.42. The molecule has 0 saturated carbocycles. The molecule has 0 aliphatic heterocycles. The number of amides is 1. The number of rotatable bonds is 7. The van der Waals surface area contributed by atoms with Crippen LogP contribution in [0.5, 0.6) is 0 Å². The second-order valence-electron chi connectivity index (χ2n) is 3.07. The Morgan fingerprint density at radius 3 is 2.38 bits per heavy atom. The third-order valence-corrected chi connectivity index (χ3v) is 1.50. The van der Waals surface area contributed by atoms with Gasteiger partial charge in [0.1, 0.15) is 0 Å². The van der Waals surface area contributed by atoms with Gasteiger partial charge in [-0.1, -0.05) is 0 Å². The number of carbonyl (C=O) groups excluding carboxylic acids is 1. The Hall–Kier alpha value is -1.31. The molecule has 0 atom stereocenters. The summed E-state index contributed by atoms with van der Waals surface area (Å²) in [6, 6.07) is 0. The van der Waals surface area contributed by atoms with E-state index in [1.165, 1.54) is 0 Å². The van der Waals surface area contributed by atoms with Gasteiger partial charge in [-0.25, -0.2) is 0 Å². The number of carboxylic acids is 1. The SMILES string of the molecule is O=C(O)CCCNC(=O)CNCC(F)(F)F. The molecule has 0 aromatic carbocycles. The van der Waals surface area contributed by atoms with Crippen LogP contribution in [0, 0.1) is 0 Å². The Labute approximate surface area is 90.0 Å². The third-order valence-electron chi connectivity index (χ3n) is 1.50. The van der Waals surface area contributed by atoms with Crippen molar-refractivity contribution in [2.75, 3.05) is 19.6 Å². The van der Waals surface area contributed by atoms with Gasteiger partial charge in [-0.05, 0) is 6.42 Å². The number of hydrogen-bond acceptors (Lipinski definition) is 3. The first-order chi connectivity index (χ1) is 7.31. The molecule has 94 valence electrons. The van der Waals surface area contributed by atoms with Gasteiger partial charge in [-0.15, -0.1) is 0 Å². The monoisotopic (exact) mass is 242 g/mol. The molecule has 1 amide bonds. The highest BCUT2D eigenvalue weighted by Crippen LogP contribution is 2.11. The molecule has 0 aliphatic rings. The van der Waals surface area contributed by atoms with E-state index in [2.05, 4.69) is 5.32 Å². The van der Waals surface area contributed by atoms with Gasteiger partial charge in [0.25, 0.3) is 0 Å². The fourth-order valence-electron chi connectivity index (χ4n) is 0.848. The van der Waals surface area contributed by atoms with Crippen LogP contribution in [0.15, 0.2) is 0 Å². The van der Waals surface area contributed by atoms with E-state index < -0.39 is 31.1 Å². The molecule has 0 spiro atoms. The standard InChI is InChI=1S/C8H13F3N2O3/c9-8(10,11)5-12-4-6(14)13-3-1-2-7(15)16/h12H,1-5H2,(H,13,14)(H,15,16). The number of carbonyl (C=O) groups is 2. The highest BCUT2D eigenvalue weighted by atomic mass is 19.4. The molecule has 0 unspecified atom stereocenters. The van der Waals surface area contributed by atoms with Crippen molar-refractivity contribution in [2.45, 2.75) is 19.0 Å². The second kappa shape index (κ2) is 7.04. The zero-order valence-electron chi connectivity index (χ0n) is 8.43. The van der Waals surface area contributed by atoms with Gasteiger partial charge < -0.3 is 15.7 Å². The minimum Gasteiger partial charge on any atom is -0.481 e. The number of aliphatic carboxylic acids is 1. The van der Waals surface area contributed by atoms with Crippen molar-refractivity contribution in [1.29, 1.82) is 0 Å². The van der Waals surface area contributed by atoms with Crippen LogP contribution < -0.4 is 10.6 Å². The van der Waals surface area contributed by atoms with Crippen LogP contribution in [0.3, 0.4) is 0 Å². The molecule has 3 N–H and O–H groups in total. The predicted octanol–water partition coefficient (Wildman–Crippen LogP) is 0.119. The zero-order valence-corrected chi connectivity index (χ0v) is 8.43. The summed E-state index contributed by atoms with van der Waals surface area (Å²) in [4.78, 5) is 21.0. The molecule has 0 heterocycles. The average molecular weight is 242 g/mol. The lowest BCUT2D eigenvalue weighted by molar-refractivity contribution is -0.137. The van der Waals surface area contributed by atoms with Crippen molar-refractivity contribution in [3.8, 4) is 0 Å². The summed E-state index contributed by atoms with van der Waals surface area (Å²) in [5.74, 6) is -1.57. The Morgan fingerprint density at radius 1 is 1.25 bits per heavy atom. The summed E-state index contributed by atoms with van der Waals surface area (Å²) < 4.78 is 34.9. The van der Waals surface area contributed by atoms with Crippen molar-refractivity contribution in [3.63, 3.8) is 0 Å². The van der Waals surface area contributed by atoms with E-state index in [-0.39, 0.29) is 19.4 Å². The van der Waals surface area contributed by atoms with Gasteiger partial charge in [0.2, 0.25) is 5.91 Å². The summed E-state index contributed by atoms with van der Waals surface area (Å²) in [6.45, 7) is -1.53. The van der Waals surface area contributed by atoms with E-state index in [9.17, 15) is 22.8 Å². The first-order valence-electron chi connectivity index (χ1n) is 4.57. The van der Waals surface area contributed by atoms with Gasteiger partial charge in [-0.3, -0.25) is 9.59 Å². The third kappa shape index (κ3) is 10.8. The van der Waals surface area contributed by atoms with Crippen molar-refractivity contribution >= 4 is 11.9 Å². The summed E-state index contributed by atoms with van der Waals surface area (Å²) in [5.41, 5.74) is 0. The van der Waals surface area contributed by atoms with E-state index in [0.717, 1.165) is 0 Å². The van der Waals surface area contributed by atoms with Gasteiger partial charge in [0, 0.05) is 13.0 Å². The lowest BCUT2D eigenvalue weighted by Crippen LogP contribution is -2.38. The minimum absolute atomic E-state index is 0.0870. The van der Waals surface area contributed by atoms with Crippen LogP contribution in [0.1, 0.15) is 12.8 Å². The molecule has 0 saturated heterocycles. The molecule has 0 rings (SSSR count). The Kier molecular flexibility index (Phi) is 6.47. The number of alkyl halides is 3. The van der Waals surface area contributed by atoms with Gasteiger partial charge in [-0.2, -0.15) is 13.2 Å². The van der Waals surface area contributed by atoms with Crippen LogP contribution in [0.25, 0.3) is 0 Å². The average Bonchev–Trinajstić information content (AvgIpc) is 2.10. The molecular formula is C8H13F3N2O3. The first-order valence-corrected chi connectivity index (χ1v) is 4.57. The smallest absolute Gasteiger partial charge is 0.401 e. The molecule has 0 aromatic rings. The normalized spacial score (nSPS) is 11.2. The molecule has 0 bridgehead atoms. The lowest BCUT2D eigenvalue weighted by atomic mass is 10.3. The number of nitrogens with one attached hydrogen (secondary N) is 2. The van der Waals surface area contributed by atoms with Crippen LogP contribution in [-0.4, -0.2) is 42.8 Å². The molecule has 16 heavy (non-hydrogen) atoms. The maximum Gasteiger partial charge on any atom is 0.401 e. The molecule has 0 aliphatic carbocycles. The van der Waals surface area contributed by atoms with Gasteiger partial charge >= 0.3 is 12.1 Å². The summed E-state index contributed by atoms with van der Waals surface area (Å²) >= 11 is 0. The van der Waals surface area contributed by atoms with Crippen LogP contribution in [0.4, 0.5) is 13.2 Å². The first kappa shape index (κ1) is 14.7. The Bertz CT molecular complexity index is 243. The largest absolute Gasteiger partial charge is 0.481 e. The fraction of sp³-hybridized carbons (Fsp3) is 0.750. The van der Waals surface area contributed by atoms with Crippen LogP contribution >= 0.6 is 0 Å². The molecule has 8 heteroatoms. The lowest BCUT2D eigenvalue weighted by Gasteiger charge is -2.08. The van der Waals surface area contributed by atoms with Crippen molar-refractivity contribution in [3.05, 3.63) is 0 Å². The van der Waals surface area contributed by atoms with E-state index in [0.29, 0.717) is 0 Å². The van der Waals surface area contributed by atoms with Gasteiger partial charge in [0.15, 0.2) is 0 Å². The van der Waals surface area contributed by atoms with Crippen molar-refractivity contribution in [1.82, 2.24) is 10.6 Å². The predicted molar refractivity (Wildman–Crippen MR) is 48.8 cm³/mol. The Morgan fingerprint density at radius 2 is 1.88 bits per heavy atom. The molecule has 5 nitrogen and oxygen atoms in total. The highest BCUT2D eigenvalue weighted by Gasteiger charge is 2.26. The van der Waals surface area contributed by atoms with Crippen molar-refractivity contribution in [2.24, 2.45) is 0 Å². The zero-order chi connectivity index (χ0) is 12.6. The summed E-state index contributed by atoms with van der Waals surface area (Å²) in [5, 5.41) is 12.5. The highest BCUT2D eigenvalue weighted by molar-refractivity contribution is 5.78. The van der Waals surface area contributed by atoms with E-state index in [4.69, 9.17) is 5.11 Å². The van der Waals surface area contributed by atoms with E-state index in [1.54, 1.807) is 0 Å².